The minimum Gasteiger partial charge on any atom is -0.507 e. The SMILES string of the molecule is COc1ccc2cc1OCCCNC(=O)c1cc(ccc1O)Oc1ccc3c(c1)CCNC23. The van der Waals surface area contributed by atoms with E-state index in [1.165, 1.54) is 17.2 Å². The van der Waals surface area contributed by atoms with Gasteiger partial charge in [-0.25, -0.2) is 0 Å². The van der Waals surface area contributed by atoms with Gasteiger partial charge >= 0.3 is 0 Å². The second-order valence-corrected chi connectivity index (χ2v) is 8.15. The van der Waals surface area contributed by atoms with Gasteiger partial charge in [-0.2, -0.15) is 0 Å². The van der Waals surface area contributed by atoms with Gasteiger partial charge in [-0.15, -0.1) is 0 Å². The number of methoxy groups -OCH3 is 1. The summed E-state index contributed by atoms with van der Waals surface area (Å²) in [6.07, 6.45) is 1.48. The standard InChI is InChI=1S/C26H26N2O5/c1-31-23-8-3-17-14-24(23)32-12-2-10-28-26(30)21-15-19(5-7-22(21)29)33-18-4-6-20-16(13-18)9-11-27-25(17)20/h3-8,13-15,25,27,29H,2,9-12H2,1H3,(H,28,30). The van der Waals surface area contributed by atoms with Crippen LogP contribution in [0, 0.1) is 0 Å². The van der Waals surface area contributed by atoms with Crippen molar-refractivity contribution in [2.75, 3.05) is 26.8 Å². The lowest BCUT2D eigenvalue weighted by Crippen LogP contribution is -2.30. The minimum absolute atomic E-state index is 0.0366. The topological polar surface area (TPSA) is 89.1 Å². The highest BCUT2D eigenvalue weighted by atomic mass is 16.5. The number of ether oxygens (including phenoxy) is 3. The fourth-order valence-electron chi connectivity index (χ4n) is 4.34. The van der Waals surface area contributed by atoms with Crippen molar-refractivity contribution in [2.24, 2.45) is 0 Å². The Morgan fingerprint density at radius 2 is 1.88 bits per heavy atom. The summed E-state index contributed by atoms with van der Waals surface area (Å²) in [5.41, 5.74) is 3.66. The molecule has 1 unspecified atom stereocenters. The lowest BCUT2D eigenvalue weighted by molar-refractivity contribution is 0.0948. The molecule has 0 fully saturated rings. The molecule has 6 rings (SSSR count). The van der Waals surface area contributed by atoms with Gasteiger partial charge in [-0.05, 0) is 72.0 Å². The first-order valence-electron chi connectivity index (χ1n) is 11.1. The largest absolute Gasteiger partial charge is 0.507 e. The van der Waals surface area contributed by atoms with Crippen molar-refractivity contribution >= 4 is 5.91 Å². The Morgan fingerprint density at radius 1 is 1.03 bits per heavy atom. The van der Waals surface area contributed by atoms with Crippen molar-refractivity contribution in [3.63, 3.8) is 0 Å². The van der Waals surface area contributed by atoms with Crippen molar-refractivity contribution in [3.05, 3.63) is 76.9 Å². The highest BCUT2D eigenvalue weighted by molar-refractivity contribution is 5.97. The van der Waals surface area contributed by atoms with Crippen molar-refractivity contribution in [1.29, 1.82) is 0 Å². The maximum atomic E-state index is 12.6. The van der Waals surface area contributed by atoms with Crippen LogP contribution in [0.1, 0.15) is 39.5 Å². The van der Waals surface area contributed by atoms with E-state index < -0.39 is 0 Å². The Kier molecular flexibility index (Phi) is 5.79. The summed E-state index contributed by atoms with van der Waals surface area (Å²) in [5.74, 6) is 2.06. The Balaban J connectivity index is 1.56. The molecule has 33 heavy (non-hydrogen) atoms. The summed E-state index contributed by atoms with van der Waals surface area (Å²) >= 11 is 0. The lowest BCUT2D eigenvalue weighted by atomic mass is 9.89. The fraction of sp³-hybridized carbons (Fsp3) is 0.269. The molecule has 3 aliphatic heterocycles. The highest BCUT2D eigenvalue weighted by Crippen LogP contribution is 2.37. The number of hydrogen-bond donors (Lipinski definition) is 3. The number of carbonyl (C=O) groups excluding carboxylic acids is 1. The van der Waals surface area contributed by atoms with E-state index in [1.807, 2.05) is 24.3 Å². The molecular weight excluding hydrogens is 420 g/mol. The molecule has 8 bridgehead atoms. The first kappa shape index (κ1) is 21.2. The molecule has 0 aliphatic carbocycles. The van der Waals surface area contributed by atoms with E-state index in [4.69, 9.17) is 14.2 Å². The Labute approximate surface area is 192 Å². The highest BCUT2D eigenvalue weighted by Gasteiger charge is 2.23. The normalized spacial score (nSPS) is 17.7. The average Bonchev–Trinajstić information content (AvgIpc) is 2.83. The van der Waals surface area contributed by atoms with E-state index in [-0.39, 0.29) is 23.3 Å². The van der Waals surface area contributed by atoms with Gasteiger partial charge in [0.1, 0.15) is 17.2 Å². The lowest BCUT2D eigenvalue weighted by Gasteiger charge is -2.28. The fourth-order valence-corrected chi connectivity index (χ4v) is 4.34. The first-order valence-corrected chi connectivity index (χ1v) is 11.1. The monoisotopic (exact) mass is 446 g/mol. The second kappa shape index (κ2) is 9.03. The molecule has 3 N–H and O–H groups in total. The number of aromatic hydroxyl groups is 1. The second-order valence-electron chi connectivity index (χ2n) is 8.15. The van der Waals surface area contributed by atoms with Crippen molar-refractivity contribution in [1.82, 2.24) is 10.6 Å². The number of rotatable bonds is 1. The van der Waals surface area contributed by atoms with Crippen LogP contribution in [0.15, 0.2) is 54.6 Å². The molecule has 0 spiro atoms. The summed E-state index contributed by atoms with van der Waals surface area (Å²) in [6, 6.07) is 16.8. The molecule has 0 saturated carbocycles. The van der Waals surface area contributed by atoms with Crippen molar-refractivity contribution in [2.45, 2.75) is 18.9 Å². The zero-order valence-corrected chi connectivity index (χ0v) is 18.4. The summed E-state index contributed by atoms with van der Waals surface area (Å²) in [5, 5.41) is 16.6. The van der Waals surface area contributed by atoms with Crippen LogP contribution >= 0.6 is 0 Å². The predicted molar refractivity (Wildman–Crippen MR) is 124 cm³/mol. The molecule has 0 aromatic heterocycles. The zero-order chi connectivity index (χ0) is 22.8. The quantitative estimate of drug-likeness (QED) is 0.525. The van der Waals surface area contributed by atoms with Crippen LogP contribution in [0.4, 0.5) is 0 Å². The van der Waals surface area contributed by atoms with Gasteiger partial charge in [0, 0.05) is 13.1 Å². The molecule has 7 nitrogen and oxygen atoms in total. The van der Waals surface area contributed by atoms with Crippen LogP contribution in [0.25, 0.3) is 0 Å². The van der Waals surface area contributed by atoms with Crippen LogP contribution in [0.2, 0.25) is 0 Å². The van der Waals surface area contributed by atoms with E-state index in [0.717, 1.165) is 18.5 Å². The van der Waals surface area contributed by atoms with Crippen LogP contribution in [0.3, 0.4) is 0 Å². The van der Waals surface area contributed by atoms with E-state index in [2.05, 4.69) is 22.8 Å². The Morgan fingerprint density at radius 3 is 2.76 bits per heavy atom. The van der Waals surface area contributed by atoms with Crippen LogP contribution in [-0.2, 0) is 6.42 Å². The third-order valence-electron chi connectivity index (χ3n) is 6.00. The molecule has 0 radical (unpaired) electrons. The van der Waals surface area contributed by atoms with Gasteiger partial charge in [0.2, 0.25) is 0 Å². The summed E-state index contributed by atoms with van der Waals surface area (Å²) in [7, 11) is 1.62. The molecule has 0 saturated heterocycles. The number of phenols is 1. The maximum absolute atomic E-state index is 12.6. The molecule has 3 aromatic rings. The number of carbonyl (C=O) groups is 1. The average molecular weight is 447 g/mol. The molecule has 3 heterocycles. The number of fused-ring (bicyclic) bond motifs is 6. The molecule has 1 atom stereocenters. The van der Waals surface area contributed by atoms with Gasteiger partial charge in [-0.3, -0.25) is 4.79 Å². The number of amides is 1. The molecule has 3 aliphatic rings. The summed E-state index contributed by atoms with van der Waals surface area (Å²) < 4.78 is 17.5. The third-order valence-corrected chi connectivity index (χ3v) is 6.00. The Hall–Kier alpha value is -3.71. The van der Waals surface area contributed by atoms with Gasteiger partial charge in [0.15, 0.2) is 11.5 Å². The minimum atomic E-state index is -0.363. The maximum Gasteiger partial charge on any atom is 0.255 e. The van der Waals surface area contributed by atoms with Crippen molar-refractivity contribution in [3.8, 4) is 28.7 Å². The van der Waals surface area contributed by atoms with E-state index in [0.29, 0.717) is 42.6 Å². The first-order chi connectivity index (χ1) is 16.1. The van der Waals surface area contributed by atoms with Crippen molar-refractivity contribution < 1.29 is 24.1 Å². The van der Waals surface area contributed by atoms with E-state index >= 15 is 0 Å². The van der Waals surface area contributed by atoms with Gasteiger partial charge in [0.25, 0.3) is 5.91 Å². The molecule has 170 valence electrons. The summed E-state index contributed by atoms with van der Waals surface area (Å²) in [6.45, 7) is 1.65. The van der Waals surface area contributed by atoms with Gasteiger partial charge in [-0.1, -0.05) is 12.1 Å². The van der Waals surface area contributed by atoms with Gasteiger partial charge in [0.05, 0.1) is 25.3 Å². The van der Waals surface area contributed by atoms with Crippen LogP contribution in [-0.4, -0.2) is 37.8 Å². The molecular formula is C26H26N2O5. The van der Waals surface area contributed by atoms with Crippen LogP contribution in [0.5, 0.6) is 28.7 Å². The predicted octanol–water partition coefficient (Wildman–Crippen LogP) is 3.94. The number of benzene rings is 3. The van der Waals surface area contributed by atoms with Gasteiger partial charge < -0.3 is 30.0 Å². The summed E-state index contributed by atoms with van der Waals surface area (Å²) in [4.78, 5) is 12.6. The molecule has 3 aromatic carbocycles. The number of nitrogens with one attached hydrogen (secondary N) is 2. The smallest absolute Gasteiger partial charge is 0.255 e. The Bertz CT molecular complexity index is 1190. The van der Waals surface area contributed by atoms with E-state index in [1.54, 1.807) is 19.2 Å². The third kappa shape index (κ3) is 4.32. The molecule has 7 heteroatoms. The zero-order valence-electron chi connectivity index (χ0n) is 18.4. The molecule has 1 amide bonds. The number of phenolic OH excluding ortho intramolecular Hbond substituents is 1. The number of hydrogen-bond acceptors (Lipinski definition) is 6. The van der Waals surface area contributed by atoms with Crippen LogP contribution < -0.4 is 24.8 Å². The van der Waals surface area contributed by atoms with E-state index in [9.17, 15) is 9.90 Å².